The van der Waals surface area contributed by atoms with E-state index in [-0.39, 0.29) is 17.7 Å². The van der Waals surface area contributed by atoms with Crippen LogP contribution in [0.5, 0.6) is 0 Å². The van der Waals surface area contributed by atoms with Gasteiger partial charge in [-0.15, -0.1) is 0 Å². The summed E-state index contributed by atoms with van der Waals surface area (Å²) in [6, 6.07) is 0. The summed E-state index contributed by atoms with van der Waals surface area (Å²) in [7, 11) is 1.41. The summed E-state index contributed by atoms with van der Waals surface area (Å²) in [4.78, 5) is 23.7. The molecule has 1 aliphatic carbocycles. The molecule has 0 aromatic carbocycles. The molecular formula is C14H24O3. The smallest absolute Gasteiger partial charge is 0.312 e. The lowest BCUT2D eigenvalue weighted by Gasteiger charge is -2.27. The van der Waals surface area contributed by atoms with Gasteiger partial charge in [-0.3, -0.25) is 9.59 Å². The third-order valence-electron chi connectivity index (χ3n) is 4.05. The maximum Gasteiger partial charge on any atom is 0.312 e. The summed E-state index contributed by atoms with van der Waals surface area (Å²) in [6.07, 6.45) is 6.60. The van der Waals surface area contributed by atoms with Crippen LogP contribution in [-0.2, 0) is 14.3 Å². The first-order valence-corrected chi connectivity index (χ1v) is 6.67. The molecule has 0 amide bonds. The molecule has 3 nitrogen and oxygen atoms in total. The number of ether oxygens (including phenoxy) is 1. The highest BCUT2D eigenvalue weighted by Crippen LogP contribution is 2.44. The van der Waals surface area contributed by atoms with Crippen LogP contribution in [0.15, 0.2) is 0 Å². The number of methoxy groups -OCH3 is 1. The number of hydrogen-bond acceptors (Lipinski definition) is 3. The lowest BCUT2D eigenvalue weighted by molar-refractivity contribution is -0.155. The predicted molar refractivity (Wildman–Crippen MR) is 66.6 cm³/mol. The monoisotopic (exact) mass is 240 g/mol. The molecule has 0 saturated heterocycles. The highest BCUT2D eigenvalue weighted by molar-refractivity contribution is 5.92. The van der Waals surface area contributed by atoms with Gasteiger partial charge in [-0.05, 0) is 19.8 Å². The first kappa shape index (κ1) is 14.2. The van der Waals surface area contributed by atoms with Gasteiger partial charge in [-0.1, -0.05) is 32.6 Å². The molecule has 2 atom stereocenters. The Morgan fingerprint density at radius 2 is 2.12 bits per heavy atom. The number of unbranched alkanes of at least 4 members (excludes halogenated alkanes) is 3. The molecule has 0 radical (unpaired) electrons. The van der Waals surface area contributed by atoms with Crippen molar-refractivity contribution in [2.45, 2.75) is 58.8 Å². The molecular weight excluding hydrogens is 216 g/mol. The highest BCUT2D eigenvalue weighted by atomic mass is 16.5. The van der Waals surface area contributed by atoms with E-state index in [1.54, 1.807) is 0 Å². The summed E-state index contributed by atoms with van der Waals surface area (Å²) in [5.74, 6) is -0.0925. The zero-order valence-electron chi connectivity index (χ0n) is 11.3. The second-order valence-electron chi connectivity index (χ2n) is 5.28. The van der Waals surface area contributed by atoms with Crippen LogP contribution >= 0.6 is 0 Å². The number of ketones is 1. The minimum absolute atomic E-state index is 0.119. The molecule has 0 aliphatic heterocycles. The van der Waals surface area contributed by atoms with Crippen molar-refractivity contribution in [2.75, 3.05) is 7.11 Å². The van der Waals surface area contributed by atoms with Gasteiger partial charge in [0.2, 0.25) is 0 Å². The first-order valence-electron chi connectivity index (χ1n) is 6.67. The van der Waals surface area contributed by atoms with Gasteiger partial charge in [0.1, 0.15) is 5.78 Å². The van der Waals surface area contributed by atoms with Crippen molar-refractivity contribution in [3.63, 3.8) is 0 Å². The maximum atomic E-state index is 11.9. The molecule has 1 rings (SSSR count). The zero-order valence-corrected chi connectivity index (χ0v) is 11.3. The van der Waals surface area contributed by atoms with Crippen molar-refractivity contribution >= 4 is 11.8 Å². The lowest BCUT2D eigenvalue weighted by Crippen LogP contribution is -2.35. The molecule has 98 valence electrons. The van der Waals surface area contributed by atoms with Gasteiger partial charge in [-0.25, -0.2) is 0 Å². The Morgan fingerprint density at radius 3 is 2.71 bits per heavy atom. The minimum atomic E-state index is -0.571. The minimum Gasteiger partial charge on any atom is -0.469 e. The highest BCUT2D eigenvalue weighted by Gasteiger charge is 2.50. The number of carbonyl (C=O) groups excluding carboxylic acids is 2. The molecule has 1 aliphatic rings. The largest absolute Gasteiger partial charge is 0.469 e. The van der Waals surface area contributed by atoms with Crippen LogP contribution in [0.1, 0.15) is 58.8 Å². The summed E-state index contributed by atoms with van der Waals surface area (Å²) in [6.45, 7) is 4.05. The van der Waals surface area contributed by atoms with Crippen molar-refractivity contribution in [3.8, 4) is 0 Å². The topological polar surface area (TPSA) is 43.4 Å². The van der Waals surface area contributed by atoms with Crippen LogP contribution in [0, 0.1) is 11.3 Å². The third-order valence-corrected chi connectivity index (χ3v) is 4.05. The Bertz CT molecular complexity index is 285. The SMILES string of the molecule is CCCCCCC1C(=O)CCC1(C)C(=O)OC. The second kappa shape index (κ2) is 6.18. The zero-order chi connectivity index (χ0) is 12.9. The molecule has 17 heavy (non-hydrogen) atoms. The number of esters is 1. The van der Waals surface area contributed by atoms with E-state index in [2.05, 4.69) is 6.92 Å². The van der Waals surface area contributed by atoms with Gasteiger partial charge in [0, 0.05) is 12.3 Å². The quantitative estimate of drug-likeness (QED) is 0.529. The van der Waals surface area contributed by atoms with E-state index in [4.69, 9.17) is 4.74 Å². The van der Waals surface area contributed by atoms with Gasteiger partial charge >= 0.3 is 5.97 Å². The molecule has 2 unspecified atom stereocenters. The van der Waals surface area contributed by atoms with E-state index >= 15 is 0 Å². The van der Waals surface area contributed by atoms with Crippen LogP contribution in [0.2, 0.25) is 0 Å². The number of rotatable bonds is 6. The van der Waals surface area contributed by atoms with Gasteiger partial charge in [0.05, 0.1) is 12.5 Å². The summed E-state index contributed by atoms with van der Waals surface area (Å²) < 4.78 is 4.85. The average Bonchev–Trinajstić information content (AvgIpc) is 2.62. The standard InChI is InChI=1S/C14H24O3/c1-4-5-6-7-8-11-12(15)9-10-14(11,2)13(16)17-3/h11H,4-10H2,1-3H3. The van der Waals surface area contributed by atoms with E-state index in [1.165, 1.54) is 20.0 Å². The third kappa shape index (κ3) is 3.08. The van der Waals surface area contributed by atoms with Crippen LogP contribution < -0.4 is 0 Å². The van der Waals surface area contributed by atoms with Crippen molar-refractivity contribution in [1.82, 2.24) is 0 Å². The molecule has 0 bridgehead atoms. The van der Waals surface area contributed by atoms with E-state index < -0.39 is 5.41 Å². The van der Waals surface area contributed by atoms with Gasteiger partial charge in [0.25, 0.3) is 0 Å². The molecule has 0 heterocycles. The van der Waals surface area contributed by atoms with E-state index in [1.807, 2.05) is 6.92 Å². The number of carbonyl (C=O) groups is 2. The molecule has 0 aromatic heterocycles. The Morgan fingerprint density at radius 1 is 1.41 bits per heavy atom. The summed E-state index contributed by atoms with van der Waals surface area (Å²) >= 11 is 0. The van der Waals surface area contributed by atoms with E-state index in [0.717, 1.165) is 19.3 Å². The Hall–Kier alpha value is -0.860. The van der Waals surface area contributed by atoms with Crippen molar-refractivity contribution < 1.29 is 14.3 Å². The first-order chi connectivity index (χ1) is 8.06. The van der Waals surface area contributed by atoms with Crippen LogP contribution in [0.3, 0.4) is 0 Å². The Labute approximate surface area is 104 Å². The Kier molecular flexibility index (Phi) is 5.16. The predicted octanol–water partition coefficient (Wildman–Crippen LogP) is 3.12. The maximum absolute atomic E-state index is 11.9. The normalized spacial score (nSPS) is 28.4. The van der Waals surface area contributed by atoms with Crippen LogP contribution in [0.4, 0.5) is 0 Å². The van der Waals surface area contributed by atoms with Gasteiger partial charge in [0.15, 0.2) is 0 Å². The van der Waals surface area contributed by atoms with Gasteiger partial charge in [-0.2, -0.15) is 0 Å². The Balaban J connectivity index is 2.59. The molecule has 1 fully saturated rings. The number of Topliss-reactive ketones (excluding diaryl/α,β-unsaturated/α-hetero) is 1. The molecule has 0 aromatic rings. The fourth-order valence-corrected chi connectivity index (χ4v) is 2.82. The number of hydrogen-bond donors (Lipinski definition) is 0. The fourth-order valence-electron chi connectivity index (χ4n) is 2.82. The van der Waals surface area contributed by atoms with E-state index in [9.17, 15) is 9.59 Å². The van der Waals surface area contributed by atoms with Crippen molar-refractivity contribution in [3.05, 3.63) is 0 Å². The summed E-state index contributed by atoms with van der Waals surface area (Å²) in [5.41, 5.74) is -0.571. The fraction of sp³-hybridized carbons (Fsp3) is 0.857. The van der Waals surface area contributed by atoms with Crippen molar-refractivity contribution in [2.24, 2.45) is 11.3 Å². The lowest BCUT2D eigenvalue weighted by atomic mass is 9.77. The van der Waals surface area contributed by atoms with Gasteiger partial charge < -0.3 is 4.74 Å². The average molecular weight is 240 g/mol. The van der Waals surface area contributed by atoms with E-state index in [0.29, 0.717) is 12.8 Å². The summed E-state index contributed by atoms with van der Waals surface area (Å²) in [5, 5.41) is 0. The molecule has 0 spiro atoms. The second-order valence-corrected chi connectivity index (χ2v) is 5.28. The van der Waals surface area contributed by atoms with Crippen LogP contribution in [0.25, 0.3) is 0 Å². The molecule has 0 N–H and O–H groups in total. The van der Waals surface area contributed by atoms with Crippen LogP contribution in [-0.4, -0.2) is 18.9 Å². The molecule has 1 saturated carbocycles. The molecule has 3 heteroatoms. The van der Waals surface area contributed by atoms with Crippen molar-refractivity contribution in [1.29, 1.82) is 0 Å².